The van der Waals surface area contributed by atoms with Gasteiger partial charge in [-0.2, -0.15) is 0 Å². The molecule has 0 fully saturated rings. The minimum Gasteiger partial charge on any atom is -0.459 e. The van der Waals surface area contributed by atoms with Crippen LogP contribution in [0.2, 0.25) is 0 Å². The van der Waals surface area contributed by atoms with E-state index in [1.807, 2.05) is 0 Å². The molecule has 1 heterocycles. The number of carbonyl (C=O) groups is 1. The van der Waals surface area contributed by atoms with E-state index >= 15 is 0 Å². The van der Waals surface area contributed by atoms with Crippen molar-refractivity contribution < 1.29 is 19.4 Å². The lowest BCUT2D eigenvalue weighted by Gasteiger charge is -2.06. The van der Waals surface area contributed by atoms with Crippen molar-refractivity contribution in [3.05, 3.63) is 24.2 Å². The highest BCUT2D eigenvalue weighted by molar-refractivity contribution is 5.91. The Morgan fingerprint density at radius 3 is 2.83 bits per heavy atom. The van der Waals surface area contributed by atoms with Gasteiger partial charge in [-0.3, -0.25) is 4.79 Å². The molecule has 4 N–H and O–H groups in total. The van der Waals surface area contributed by atoms with Crippen LogP contribution in [0.5, 0.6) is 0 Å². The van der Waals surface area contributed by atoms with Crippen molar-refractivity contribution >= 4 is 5.91 Å². The molecule has 0 aromatic carbocycles. The number of nitrogens with two attached hydrogens (primary N) is 1. The topological polar surface area (TPSA) is 63.3 Å². The van der Waals surface area contributed by atoms with Gasteiger partial charge in [0.1, 0.15) is 0 Å². The SMILES string of the molecule is C[NH+](C)CCC[NH2+]CCCNC(=O)c1ccco1. The van der Waals surface area contributed by atoms with Gasteiger partial charge in [0, 0.05) is 19.4 Å². The maximum absolute atomic E-state index is 11.5. The fraction of sp³-hybridized carbons (Fsp3) is 0.615. The highest BCUT2D eigenvalue weighted by Gasteiger charge is 2.06. The van der Waals surface area contributed by atoms with E-state index in [0.717, 1.165) is 19.5 Å². The van der Waals surface area contributed by atoms with Gasteiger partial charge in [0.25, 0.3) is 5.91 Å². The molecule has 0 atom stereocenters. The summed E-state index contributed by atoms with van der Waals surface area (Å²) in [6.45, 7) is 4.14. The van der Waals surface area contributed by atoms with Crippen LogP contribution in [-0.2, 0) is 0 Å². The number of nitrogens with one attached hydrogen (secondary N) is 2. The lowest BCUT2D eigenvalue weighted by molar-refractivity contribution is -0.860. The third-order valence-electron chi connectivity index (χ3n) is 2.70. The summed E-state index contributed by atoms with van der Waals surface area (Å²) in [6.07, 6.45) is 3.73. The van der Waals surface area contributed by atoms with E-state index in [0.29, 0.717) is 12.3 Å². The highest BCUT2D eigenvalue weighted by atomic mass is 16.3. The van der Waals surface area contributed by atoms with E-state index < -0.39 is 0 Å². The first-order valence-corrected chi connectivity index (χ1v) is 6.62. The van der Waals surface area contributed by atoms with Gasteiger partial charge < -0.3 is 20.0 Å². The van der Waals surface area contributed by atoms with Gasteiger partial charge in [-0.05, 0) is 12.1 Å². The van der Waals surface area contributed by atoms with Gasteiger partial charge in [-0.25, -0.2) is 0 Å². The summed E-state index contributed by atoms with van der Waals surface area (Å²) in [4.78, 5) is 13.0. The standard InChI is InChI=1S/C13H23N3O2/c1-16(2)10-5-8-14-7-4-9-15-13(17)12-6-3-11-18-12/h3,6,11,14H,4-5,7-10H2,1-2H3,(H,15,17)/p+2. The van der Waals surface area contributed by atoms with Crippen molar-refractivity contribution in [2.24, 2.45) is 0 Å². The maximum atomic E-state index is 11.5. The molecule has 0 spiro atoms. The van der Waals surface area contributed by atoms with Crippen LogP contribution in [0.3, 0.4) is 0 Å². The van der Waals surface area contributed by atoms with E-state index in [2.05, 4.69) is 24.7 Å². The summed E-state index contributed by atoms with van der Waals surface area (Å²) in [5, 5.41) is 5.14. The zero-order valence-corrected chi connectivity index (χ0v) is 11.4. The Balaban J connectivity index is 1.91. The molecule has 1 amide bonds. The first-order valence-electron chi connectivity index (χ1n) is 6.62. The van der Waals surface area contributed by atoms with Crippen LogP contribution in [0.15, 0.2) is 22.8 Å². The van der Waals surface area contributed by atoms with Crippen molar-refractivity contribution in [2.75, 3.05) is 40.3 Å². The Hall–Kier alpha value is -1.33. The van der Waals surface area contributed by atoms with E-state index in [4.69, 9.17) is 4.42 Å². The third-order valence-corrected chi connectivity index (χ3v) is 2.70. The van der Waals surface area contributed by atoms with Crippen LogP contribution in [0.1, 0.15) is 23.4 Å². The predicted molar refractivity (Wildman–Crippen MR) is 69.6 cm³/mol. The first-order chi connectivity index (χ1) is 8.70. The molecule has 5 heteroatoms. The molecule has 0 aliphatic heterocycles. The summed E-state index contributed by atoms with van der Waals surface area (Å²) in [5.74, 6) is 0.254. The number of quaternary nitrogens is 2. The number of carbonyl (C=O) groups excluding carboxylic acids is 1. The third kappa shape index (κ3) is 6.42. The number of hydrogen-bond donors (Lipinski definition) is 3. The largest absolute Gasteiger partial charge is 0.459 e. The molecule has 18 heavy (non-hydrogen) atoms. The minimum atomic E-state index is -0.129. The van der Waals surface area contributed by atoms with E-state index in [1.54, 1.807) is 12.1 Å². The van der Waals surface area contributed by atoms with Gasteiger partial charge >= 0.3 is 0 Å². The van der Waals surface area contributed by atoms with Crippen LogP contribution in [0, 0.1) is 0 Å². The molecular formula is C13H25N3O2+2. The normalized spacial score (nSPS) is 10.8. The molecule has 0 radical (unpaired) electrons. The highest BCUT2D eigenvalue weighted by Crippen LogP contribution is 1.98. The Morgan fingerprint density at radius 2 is 2.17 bits per heavy atom. The quantitative estimate of drug-likeness (QED) is 0.470. The van der Waals surface area contributed by atoms with Gasteiger partial charge in [-0.1, -0.05) is 0 Å². The van der Waals surface area contributed by atoms with Crippen LogP contribution < -0.4 is 15.5 Å². The number of hydrogen-bond acceptors (Lipinski definition) is 2. The second-order valence-electron chi connectivity index (χ2n) is 4.76. The van der Waals surface area contributed by atoms with Crippen molar-refractivity contribution in [1.29, 1.82) is 0 Å². The van der Waals surface area contributed by atoms with Gasteiger partial charge in [-0.15, -0.1) is 0 Å². The molecule has 0 saturated heterocycles. The van der Waals surface area contributed by atoms with E-state index in [-0.39, 0.29) is 5.91 Å². The first kappa shape index (κ1) is 14.7. The second kappa shape index (κ2) is 8.72. The molecule has 1 aromatic rings. The zero-order chi connectivity index (χ0) is 13.2. The zero-order valence-electron chi connectivity index (χ0n) is 11.4. The average Bonchev–Trinajstić information content (AvgIpc) is 2.85. The van der Waals surface area contributed by atoms with E-state index in [1.165, 1.54) is 24.1 Å². The van der Waals surface area contributed by atoms with Crippen LogP contribution in [0.25, 0.3) is 0 Å². The number of amides is 1. The molecule has 5 nitrogen and oxygen atoms in total. The van der Waals surface area contributed by atoms with Crippen molar-refractivity contribution in [1.82, 2.24) is 5.32 Å². The molecule has 0 bridgehead atoms. The molecule has 0 saturated carbocycles. The lowest BCUT2D eigenvalue weighted by Crippen LogP contribution is -3.06. The molecule has 0 aliphatic rings. The molecule has 102 valence electrons. The van der Waals surface area contributed by atoms with Crippen molar-refractivity contribution in [2.45, 2.75) is 12.8 Å². The van der Waals surface area contributed by atoms with Crippen LogP contribution >= 0.6 is 0 Å². The molecule has 0 unspecified atom stereocenters. The molecule has 1 rings (SSSR count). The molecule has 1 aromatic heterocycles. The van der Waals surface area contributed by atoms with Gasteiger partial charge in [0.2, 0.25) is 0 Å². The summed E-state index contributed by atoms with van der Waals surface area (Å²) >= 11 is 0. The summed E-state index contributed by atoms with van der Waals surface area (Å²) in [6, 6.07) is 3.39. The summed E-state index contributed by atoms with van der Waals surface area (Å²) < 4.78 is 5.01. The van der Waals surface area contributed by atoms with Crippen LogP contribution in [0.4, 0.5) is 0 Å². The predicted octanol–water partition coefficient (Wildman–Crippen LogP) is -1.50. The Labute approximate surface area is 109 Å². The smallest absolute Gasteiger partial charge is 0.286 e. The molecule has 0 aliphatic carbocycles. The van der Waals surface area contributed by atoms with E-state index in [9.17, 15) is 4.79 Å². The van der Waals surface area contributed by atoms with Crippen molar-refractivity contribution in [3.63, 3.8) is 0 Å². The maximum Gasteiger partial charge on any atom is 0.286 e. The molecular weight excluding hydrogens is 230 g/mol. The average molecular weight is 255 g/mol. The fourth-order valence-electron chi connectivity index (χ4n) is 1.69. The Kier molecular flexibility index (Phi) is 7.13. The second-order valence-corrected chi connectivity index (χ2v) is 4.76. The number of furan rings is 1. The summed E-state index contributed by atoms with van der Waals surface area (Å²) in [7, 11) is 4.34. The van der Waals surface area contributed by atoms with Gasteiger partial charge in [0.05, 0.1) is 40.0 Å². The van der Waals surface area contributed by atoms with Crippen LogP contribution in [-0.4, -0.2) is 46.2 Å². The van der Waals surface area contributed by atoms with Gasteiger partial charge in [0.15, 0.2) is 5.76 Å². The minimum absolute atomic E-state index is 0.129. The number of rotatable bonds is 9. The summed E-state index contributed by atoms with van der Waals surface area (Å²) in [5.41, 5.74) is 0. The fourth-order valence-corrected chi connectivity index (χ4v) is 1.69. The lowest BCUT2D eigenvalue weighted by atomic mass is 10.3. The Bertz CT molecular complexity index is 323. The monoisotopic (exact) mass is 255 g/mol. The Morgan fingerprint density at radius 1 is 1.39 bits per heavy atom. The van der Waals surface area contributed by atoms with Crippen molar-refractivity contribution in [3.8, 4) is 0 Å².